The van der Waals surface area contributed by atoms with Crippen LogP contribution in [-0.2, 0) is 11.8 Å². The summed E-state index contributed by atoms with van der Waals surface area (Å²) in [5.74, 6) is -0.490. The molecule has 0 bridgehead atoms. The van der Waals surface area contributed by atoms with Crippen molar-refractivity contribution in [3.8, 4) is 0 Å². The fourth-order valence-corrected chi connectivity index (χ4v) is 3.14. The Kier molecular flexibility index (Phi) is 6.05. The first-order valence-corrected chi connectivity index (χ1v) is 9.30. The summed E-state index contributed by atoms with van der Waals surface area (Å²) in [6.07, 6.45) is 0. The fraction of sp³-hybridized carbons (Fsp3) is 0.158. The molecule has 4 aromatic rings. The van der Waals surface area contributed by atoms with E-state index in [-0.39, 0.29) is 12.4 Å². The Labute approximate surface area is 175 Å². The van der Waals surface area contributed by atoms with E-state index in [0.717, 1.165) is 0 Å². The third kappa shape index (κ3) is 4.33. The highest BCUT2D eigenvalue weighted by molar-refractivity contribution is 6.34. The van der Waals surface area contributed by atoms with E-state index in [2.05, 4.69) is 15.0 Å². The van der Waals surface area contributed by atoms with Gasteiger partial charge in [0.05, 0.1) is 28.5 Å². The summed E-state index contributed by atoms with van der Waals surface area (Å²) in [7, 11) is 1.71. The lowest BCUT2D eigenvalue weighted by molar-refractivity contribution is 0.0512. The van der Waals surface area contributed by atoms with E-state index < -0.39 is 11.5 Å². The van der Waals surface area contributed by atoms with Gasteiger partial charge in [0.25, 0.3) is 5.56 Å². The quantitative estimate of drug-likeness (QED) is 0.466. The fourth-order valence-electron chi connectivity index (χ4n) is 2.70. The molecule has 29 heavy (non-hydrogen) atoms. The highest BCUT2D eigenvalue weighted by Crippen LogP contribution is 2.22. The number of H-pyrrole nitrogens is 1. The van der Waals surface area contributed by atoms with E-state index in [1.165, 1.54) is 0 Å². The lowest BCUT2D eigenvalue weighted by atomic mass is 10.2. The van der Waals surface area contributed by atoms with Gasteiger partial charge in [-0.1, -0.05) is 29.3 Å². The van der Waals surface area contributed by atoms with Crippen LogP contribution in [0.2, 0.25) is 10.0 Å². The van der Waals surface area contributed by atoms with Crippen LogP contribution < -0.4 is 11.3 Å². The number of nitrogen functional groups attached to an aromatic ring is 1. The van der Waals surface area contributed by atoms with Gasteiger partial charge in [0.1, 0.15) is 0 Å². The smallest absolute Gasteiger partial charge is 0.374 e. The van der Waals surface area contributed by atoms with Crippen LogP contribution >= 0.6 is 23.2 Å². The van der Waals surface area contributed by atoms with Crippen LogP contribution in [0, 0.1) is 0 Å². The Bertz CT molecular complexity index is 1250. The van der Waals surface area contributed by atoms with Crippen LogP contribution in [0.3, 0.4) is 0 Å². The number of fused-ring (bicyclic) bond motifs is 3. The summed E-state index contributed by atoms with van der Waals surface area (Å²) in [5, 5.41) is 1.70. The standard InChI is InChI=1S/C13H13N5O3.C6H4Cl2/c1-3-21-12(20)10-15-6-4-5-7-9(8(6)11(19)17-10)18(2)13(14)16-7;7-5-2-1-3-6(8)4-5/h4-5H,3H2,1-2H3,(H2,14,16)(H,15,17,19);1-4H. The number of aryl methyl sites for hydroxylation is 1. The molecule has 150 valence electrons. The monoisotopic (exact) mass is 433 g/mol. The molecule has 0 unspecified atom stereocenters. The molecule has 0 aliphatic heterocycles. The highest BCUT2D eigenvalue weighted by atomic mass is 35.5. The van der Waals surface area contributed by atoms with Crippen LogP contribution in [0.1, 0.15) is 17.5 Å². The molecule has 0 radical (unpaired) electrons. The van der Waals surface area contributed by atoms with E-state index >= 15 is 0 Å². The Hall–Kier alpha value is -3.10. The number of carbonyl (C=O) groups is 1. The van der Waals surface area contributed by atoms with Gasteiger partial charge in [-0.2, -0.15) is 0 Å². The number of nitrogens with zero attached hydrogens (tertiary/aromatic N) is 3. The Morgan fingerprint density at radius 1 is 1.17 bits per heavy atom. The van der Waals surface area contributed by atoms with Gasteiger partial charge < -0.3 is 20.0 Å². The molecule has 2 aromatic heterocycles. The third-order valence-corrected chi connectivity index (χ3v) is 4.47. The third-order valence-electron chi connectivity index (χ3n) is 4.00. The number of hydrogen-bond donors (Lipinski definition) is 2. The molecule has 0 amide bonds. The molecular weight excluding hydrogens is 417 g/mol. The van der Waals surface area contributed by atoms with Crippen molar-refractivity contribution in [1.82, 2.24) is 19.5 Å². The number of aromatic nitrogens is 4. The molecule has 4 rings (SSSR count). The zero-order chi connectivity index (χ0) is 21.1. The number of nitrogens with two attached hydrogens (primary N) is 1. The molecule has 0 atom stereocenters. The summed E-state index contributed by atoms with van der Waals surface area (Å²) in [5.41, 5.74) is 6.88. The minimum Gasteiger partial charge on any atom is -0.460 e. The molecule has 3 N–H and O–H groups in total. The van der Waals surface area contributed by atoms with E-state index in [4.69, 9.17) is 33.7 Å². The van der Waals surface area contributed by atoms with E-state index in [1.54, 1.807) is 48.9 Å². The molecular formula is C19H17Cl2N5O3. The van der Waals surface area contributed by atoms with Gasteiger partial charge in [-0.25, -0.2) is 14.8 Å². The number of benzene rings is 2. The Morgan fingerprint density at radius 3 is 2.41 bits per heavy atom. The topological polar surface area (TPSA) is 116 Å². The van der Waals surface area contributed by atoms with Crippen molar-refractivity contribution in [2.24, 2.45) is 7.05 Å². The Balaban J connectivity index is 0.000000252. The van der Waals surface area contributed by atoms with Gasteiger partial charge >= 0.3 is 5.97 Å². The SMILES string of the molecule is CCOC(=O)c1nc2ccc3nc(N)n(C)c3c2c(=O)[nH]1.Clc1cccc(Cl)c1. The molecule has 0 aliphatic carbocycles. The average molecular weight is 434 g/mol. The Morgan fingerprint density at radius 2 is 1.83 bits per heavy atom. The maximum atomic E-state index is 12.3. The summed E-state index contributed by atoms with van der Waals surface area (Å²) >= 11 is 11.1. The van der Waals surface area contributed by atoms with Crippen LogP contribution in [0.5, 0.6) is 0 Å². The van der Waals surface area contributed by atoms with Gasteiger partial charge in [-0.15, -0.1) is 0 Å². The molecule has 0 saturated carbocycles. The number of anilines is 1. The van der Waals surface area contributed by atoms with Crippen molar-refractivity contribution >= 4 is 57.1 Å². The van der Waals surface area contributed by atoms with Gasteiger partial charge in [0, 0.05) is 17.1 Å². The number of nitrogens with one attached hydrogen (secondary N) is 1. The predicted octanol–water partition coefficient (Wildman–Crippen LogP) is 3.56. The van der Waals surface area contributed by atoms with E-state index in [0.29, 0.717) is 37.9 Å². The molecule has 2 heterocycles. The molecule has 0 fully saturated rings. The second-order valence-corrected chi connectivity index (χ2v) is 6.80. The average Bonchev–Trinajstić information content (AvgIpc) is 2.96. The zero-order valence-electron chi connectivity index (χ0n) is 15.6. The number of rotatable bonds is 2. The number of ether oxygens (including phenoxy) is 1. The summed E-state index contributed by atoms with van der Waals surface area (Å²) < 4.78 is 6.45. The lowest BCUT2D eigenvalue weighted by Crippen LogP contribution is -2.18. The normalized spacial score (nSPS) is 10.6. The van der Waals surface area contributed by atoms with Crippen molar-refractivity contribution in [1.29, 1.82) is 0 Å². The number of hydrogen-bond acceptors (Lipinski definition) is 6. The molecule has 2 aromatic carbocycles. The summed E-state index contributed by atoms with van der Waals surface area (Å²) in [6.45, 7) is 1.89. The summed E-state index contributed by atoms with van der Waals surface area (Å²) in [6, 6.07) is 10.4. The van der Waals surface area contributed by atoms with Gasteiger partial charge in [-0.3, -0.25) is 4.79 Å². The van der Waals surface area contributed by atoms with Crippen LogP contribution in [0.25, 0.3) is 21.9 Å². The second-order valence-electron chi connectivity index (χ2n) is 5.93. The zero-order valence-corrected chi connectivity index (χ0v) is 17.1. The van der Waals surface area contributed by atoms with Crippen LogP contribution in [0.15, 0.2) is 41.2 Å². The van der Waals surface area contributed by atoms with Crippen LogP contribution in [0.4, 0.5) is 5.95 Å². The first kappa shape index (κ1) is 20.6. The van der Waals surface area contributed by atoms with Crippen molar-refractivity contribution < 1.29 is 9.53 Å². The highest BCUT2D eigenvalue weighted by Gasteiger charge is 2.16. The number of halogens is 2. The maximum Gasteiger partial charge on any atom is 0.374 e. The molecule has 0 spiro atoms. The maximum absolute atomic E-state index is 12.3. The van der Waals surface area contributed by atoms with Crippen LogP contribution in [-0.4, -0.2) is 32.1 Å². The first-order valence-electron chi connectivity index (χ1n) is 8.55. The number of esters is 1. The van der Waals surface area contributed by atoms with Crippen molar-refractivity contribution in [3.63, 3.8) is 0 Å². The molecule has 8 nitrogen and oxygen atoms in total. The van der Waals surface area contributed by atoms with Crippen molar-refractivity contribution in [2.45, 2.75) is 6.92 Å². The molecule has 0 aliphatic rings. The van der Waals surface area contributed by atoms with Crippen molar-refractivity contribution in [3.05, 3.63) is 62.6 Å². The lowest BCUT2D eigenvalue weighted by Gasteiger charge is -2.04. The number of aromatic amines is 1. The van der Waals surface area contributed by atoms with E-state index in [9.17, 15) is 9.59 Å². The minimum absolute atomic E-state index is 0.121. The minimum atomic E-state index is -0.666. The van der Waals surface area contributed by atoms with E-state index in [1.807, 2.05) is 6.07 Å². The number of carbonyl (C=O) groups excluding carboxylic acids is 1. The predicted molar refractivity (Wildman–Crippen MR) is 113 cm³/mol. The summed E-state index contributed by atoms with van der Waals surface area (Å²) in [4.78, 5) is 34.7. The second kappa shape index (κ2) is 8.50. The number of imidazole rings is 1. The molecule has 0 saturated heterocycles. The van der Waals surface area contributed by atoms with Gasteiger partial charge in [0.15, 0.2) is 0 Å². The van der Waals surface area contributed by atoms with Gasteiger partial charge in [-0.05, 0) is 37.3 Å². The largest absolute Gasteiger partial charge is 0.460 e. The van der Waals surface area contributed by atoms with Gasteiger partial charge in [0.2, 0.25) is 11.8 Å². The first-order chi connectivity index (χ1) is 13.8. The molecule has 10 heteroatoms. The van der Waals surface area contributed by atoms with Crippen molar-refractivity contribution in [2.75, 3.05) is 12.3 Å².